The maximum absolute atomic E-state index is 6.12. The first kappa shape index (κ1) is 15.6. The van der Waals surface area contributed by atoms with Gasteiger partial charge in [-0.05, 0) is 36.1 Å². The molecule has 108 valence electrons. The van der Waals surface area contributed by atoms with Gasteiger partial charge in [0.2, 0.25) is 0 Å². The van der Waals surface area contributed by atoms with E-state index in [4.69, 9.17) is 23.2 Å². The summed E-state index contributed by atoms with van der Waals surface area (Å²) in [6.07, 6.45) is 0. The molecule has 0 aromatic carbocycles. The van der Waals surface area contributed by atoms with Crippen molar-refractivity contribution in [1.82, 2.24) is 4.98 Å². The molecule has 2 aromatic heterocycles. The van der Waals surface area contributed by atoms with Crippen molar-refractivity contribution < 1.29 is 0 Å². The first-order valence-electron chi connectivity index (χ1n) is 6.43. The topological polar surface area (TPSA) is 24.9 Å². The molecular formula is C15H18Cl2N2S. The Kier molecular flexibility index (Phi) is 4.62. The number of rotatable bonds is 3. The standard InChI is InChI=1S/C15H18Cl2N2S/c1-9-7-12(16)19-14(17)13(9)18-8-10-5-6-11(20-10)15(2,3)4/h5-7,18H,8H2,1-4H3. The number of hydrogen-bond donors (Lipinski definition) is 1. The largest absolute Gasteiger partial charge is 0.377 e. The van der Waals surface area contributed by atoms with Crippen LogP contribution in [0.4, 0.5) is 5.69 Å². The number of hydrogen-bond acceptors (Lipinski definition) is 3. The van der Waals surface area contributed by atoms with E-state index in [0.29, 0.717) is 10.3 Å². The molecule has 0 saturated heterocycles. The van der Waals surface area contributed by atoms with Crippen molar-refractivity contribution in [3.05, 3.63) is 43.8 Å². The van der Waals surface area contributed by atoms with Crippen molar-refractivity contribution in [1.29, 1.82) is 0 Å². The molecule has 2 nitrogen and oxygen atoms in total. The van der Waals surface area contributed by atoms with E-state index in [2.05, 4.69) is 43.2 Å². The minimum absolute atomic E-state index is 0.193. The molecule has 0 aliphatic heterocycles. The van der Waals surface area contributed by atoms with Crippen LogP contribution in [0.5, 0.6) is 0 Å². The van der Waals surface area contributed by atoms with Gasteiger partial charge in [-0.2, -0.15) is 0 Å². The lowest BCUT2D eigenvalue weighted by Crippen LogP contribution is -2.07. The number of aryl methyl sites for hydroxylation is 1. The molecule has 5 heteroatoms. The normalized spacial score (nSPS) is 11.7. The van der Waals surface area contributed by atoms with Crippen molar-refractivity contribution in [2.75, 3.05) is 5.32 Å². The molecule has 0 unspecified atom stereocenters. The Morgan fingerprint density at radius 2 is 1.95 bits per heavy atom. The van der Waals surface area contributed by atoms with Crippen LogP contribution < -0.4 is 5.32 Å². The summed E-state index contributed by atoms with van der Waals surface area (Å²) in [5, 5.41) is 4.19. The molecule has 2 aromatic rings. The van der Waals surface area contributed by atoms with Crippen LogP contribution in [0.25, 0.3) is 0 Å². The van der Waals surface area contributed by atoms with Gasteiger partial charge in [-0.25, -0.2) is 4.98 Å². The Morgan fingerprint density at radius 1 is 1.25 bits per heavy atom. The molecule has 0 aliphatic carbocycles. The van der Waals surface area contributed by atoms with Crippen LogP contribution in [-0.2, 0) is 12.0 Å². The Bertz CT molecular complexity index is 592. The molecule has 20 heavy (non-hydrogen) atoms. The molecule has 0 saturated carbocycles. The summed E-state index contributed by atoms with van der Waals surface area (Å²) in [6.45, 7) is 9.38. The summed E-state index contributed by atoms with van der Waals surface area (Å²) in [7, 11) is 0. The van der Waals surface area contributed by atoms with Crippen LogP contribution in [0, 0.1) is 6.92 Å². The van der Waals surface area contributed by atoms with Gasteiger partial charge < -0.3 is 5.32 Å². The number of thiophene rings is 1. The van der Waals surface area contributed by atoms with E-state index in [0.717, 1.165) is 17.8 Å². The van der Waals surface area contributed by atoms with E-state index in [1.54, 1.807) is 0 Å². The van der Waals surface area contributed by atoms with Gasteiger partial charge in [0.05, 0.1) is 5.69 Å². The number of halogens is 2. The van der Waals surface area contributed by atoms with E-state index < -0.39 is 0 Å². The van der Waals surface area contributed by atoms with Crippen LogP contribution in [0.1, 0.15) is 36.1 Å². The van der Waals surface area contributed by atoms with Gasteiger partial charge in [0.15, 0.2) is 5.15 Å². The molecule has 0 radical (unpaired) electrons. The molecule has 2 rings (SSSR count). The second kappa shape index (κ2) is 5.92. The molecule has 0 aliphatic rings. The number of anilines is 1. The van der Waals surface area contributed by atoms with Crippen LogP contribution in [0.15, 0.2) is 18.2 Å². The number of pyridine rings is 1. The first-order valence-corrected chi connectivity index (χ1v) is 8.00. The van der Waals surface area contributed by atoms with Gasteiger partial charge in [0.25, 0.3) is 0 Å². The summed E-state index contributed by atoms with van der Waals surface area (Å²) in [5.41, 5.74) is 2.04. The van der Waals surface area contributed by atoms with Gasteiger partial charge in [-0.3, -0.25) is 0 Å². The lowest BCUT2D eigenvalue weighted by atomic mass is 9.95. The third-order valence-corrected chi connectivity index (χ3v) is 4.96. The average Bonchev–Trinajstić information content (AvgIpc) is 2.75. The molecule has 1 N–H and O–H groups in total. The summed E-state index contributed by atoms with van der Waals surface area (Å²) >= 11 is 13.8. The predicted molar refractivity (Wildman–Crippen MR) is 89.3 cm³/mol. The fraction of sp³-hybridized carbons (Fsp3) is 0.400. The van der Waals surface area contributed by atoms with Crippen molar-refractivity contribution in [3.63, 3.8) is 0 Å². The molecule has 2 heterocycles. The summed E-state index contributed by atoms with van der Waals surface area (Å²) in [5.74, 6) is 0. The van der Waals surface area contributed by atoms with E-state index in [1.165, 1.54) is 9.75 Å². The number of aromatic nitrogens is 1. The van der Waals surface area contributed by atoms with Gasteiger partial charge in [0, 0.05) is 16.3 Å². The highest BCUT2D eigenvalue weighted by atomic mass is 35.5. The maximum atomic E-state index is 6.12. The van der Waals surface area contributed by atoms with E-state index in [1.807, 2.05) is 24.3 Å². The van der Waals surface area contributed by atoms with Crippen LogP contribution in [-0.4, -0.2) is 4.98 Å². The second-order valence-corrected chi connectivity index (χ2v) is 7.71. The first-order chi connectivity index (χ1) is 9.27. The van der Waals surface area contributed by atoms with Crippen LogP contribution in [0.2, 0.25) is 10.3 Å². The SMILES string of the molecule is Cc1cc(Cl)nc(Cl)c1NCc1ccc(C(C)(C)C)s1. The highest BCUT2D eigenvalue weighted by molar-refractivity contribution is 7.12. The Balaban J connectivity index is 2.12. The molecule has 0 bridgehead atoms. The van der Waals surface area contributed by atoms with Crippen LogP contribution in [0.3, 0.4) is 0 Å². The fourth-order valence-electron chi connectivity index (χ4n) is 1.86. The molecule has 0 spiro atoms. The summed E-state index contributed by atoms with van der Waals surface area (Å²) < 4.78 is 0. The van der Waals surface area contributed by atoms with Crippen LogP contribution >= 0.6 is 34.5 Å². The minimum atomic E-state index is 0.193. The maximum Gasteiger partial charge on any atom is 0.154 e. The van der Waals surface area contributed by atoms with E-state index >= 15 is 0 Å². The molecular weight excluding hydrogens is 311 g/mol. The van der Waals surface area contributed by atoms with Crippen molar-refractivity contribution >= 4 is 40.2 Å². The van der Waals surface area contributed by atoms with Gasteiger partial charge in [-0.1, -0.05) is 44.0 Å². The highest BCUT2D eigenvalue weighted by Gasteiger charge is 2.16. The number of nitrogens with zero attached hydrogens (tertiary/aromatic N) is 1. The zero-order valence-electron chi connectivity index (χ0n) is 12.1. The van der Waals surface area contributed by atoms with Crippen molar-refractivity contribution in [3.8, 4) is 0 Å². The van der Waals surface area contributed by atoms with Gasteiger partial charge >= 0.3 is 0 Å². The summed E-state index contributed by atoms with van der Waals surface area (Å²) in [4.78, 5) is 6.72. The van der Waals surface area contributed by atoms with Gasteiger partial charge in [-0.15, -0.1) is 11.3 Å². The third-order valence-electron chi connectivity index (χ3n) is 2.98. The molecule has 0 fully saturated rings. The lowest BCUT2D eigenvalue weighted by Gasteiger charge is -2.15. The quantitative estimate of drug-likeness (QED) is 0.734. The monoisotopic (exact) mass is 328 g/mol. The van der Waals surface area contributed by atoms with E-state index in [-0.39, 0.29) is 5.41 Å². The lowest BCUT2D eigenvalue weighted by molar-refractivity contribution is 0.604. The average molecular weight is 329 g/mol. The van der Waals surface area contributed by atoms with Crippen molar-refractivity contribution in [2.24, 2.45) is 0 Å². The predicted octanol–water partition coefficient (Wildman–Crippen LogP) is 5.67. The Labute approximate surface area is 134 Å². The zero-order valence-corrected chi connectivity index (χ0v) is 14.4. The second-order valence-electron chi connectivity index (χ2n) is 5.80. The Morgan fingerprint density at radius 3 is 2.50 bits per heavy atom. The summed E-state index contributed by atoms with van der Waals surface area (Å²) in [6, 6.07) is 6.16. The molecule has 0 atom stereocenters. The van der Waals surface area contributed by atoms with Gasteiger partial charge in [0.1, 0.15) is 5.15 Å². The third kappa shape index (κ3) is 3.66. The highest BCUT2D eigenvalue weighted by Crippen LogP contribution is 2.31. The minimum Gasteiger partial charge on any atom is -0.377 e. The number of nitrogens with one attached hydrogen (secondary N) is 1. The zero-order chi connectivity index (χ0) is 14.9. The fourth-order valence-corrected chi connectivity index (χ4v) is 3.46. The smallest absolute Gasteiger partial charge is 0.154 e. The van der Waals surface area contributed by atoms with E-state index in [9.17, 15) is 0 Å². The molecule has 0 amide bonds. The van der Waals surface area contributed by atoms with Crippen molar-refractivity contribution in [2.45, 2.75) is 39.7 Å². The Hall–Kier alpha value is -0.770.